The average molecular weight is 203 g/mol. The number of aryl methyl sites for hydroxylation is 1. The summed E-state index contributed by atoms with van der Waals surface area (Å²) in [5, 5.41) is 1.07. The predicted molar refractivity (Wildman–Crippen MR) is 64.4 cm³/mol. The molecule has 2 heteroatoms. The van der Waals surface area contributed by atoms with E-state index in [1.165, 1.54) is 0 Å². The molecule has 0 aliphatic heterocycles. The SMILES string of the molecule is CC.COc1cc(C)nc2ccccc12. The number of aromatic nitrogens is 1. The Morgan fingerprint density at radius 1 is 1.13 bits per heavy atom. The molecule has 2 nitrogen and oxygen atoms in total. The third-order valence-corrected chi connectivity index (χ3v) is 2.03. The van der Waals surface area contributed by atoms with Crippen molar-refractivity contribution in [3.63, 3.8) is 0 Å². The lowest BCUT2D eigenvalue weighted by Gasteiger charge is -2.05. The van der Waals surface area contributed by atoms with Gasteiger partial charge in [0.1, 0.15) is 5.75 Å². The van der Waals surface area contributed by atoms with E-state index in [1.54, 1.807) is 7.11 Å². The first-order chi connectivity index (χ1) is 7.31. The summed E-state index contributed by atoms with van der Waals surface area (Å²) in [6.45, 7) is 5.97. The molecule has 1 aromatic carbocycles. The van der Waals surface area contributed by atoms with Gasteiger partial charge in [-0.25, -0.2) is 0 Å². The molecular weight excluding hydrogens is 186 g/mol. The molecule has 0 spiro atoms. The molecule has 2 aromatic rings. The Hall–Kier alpha value is -1.57. The van der Waals surface area contributed by atoms with E-state index in [4.69, 9.17) is 4.74 Å². The van der Waals surface area contributed by atoms with Gasteiger partial charge in [-0.1, -0.05) is 26.0 Å². The van der Waals surface area contributed by atoms with Crippen LogP contribution in [0.25, 0.3) is 10.9 Å². The summed E-state index contributed by atoms with van der Waals surface area (Å²) >= 11 is 0. The topological polar surface area (TPSA) is 22.1 Å². The summed E-state index contributed by atoms with van der Waals surface area (Å²) in [4.78, 5) is 4.40. The molecule has 0 atom stereocenters. The number of para-hydroxylation sites is 1. The van der Waals surface area contributed by atoms with Gasteiger partial charge in [-0.05, 0) is 19.1 Å². The average Bonchev–Trinajstić information content (AvgIpc) is 2.30. The van der Waals surface area contributed by atoms with E-state index in [-0.39, 0.29) is 0 Å². The molecular formula is C13H17NO. The lowest BCUT2D eigenvalue weighted by atomic mass is 10.2. The predicted octanol–water partition coefficient (Wildman–Crippen LogP) is 3.58. The van der Waals surface area contributed by atoms with Gasteiger partial charge < -0.3 is 4.74 Å². The van der Waals surface area contributed by atoms with Crippen LogP contribution < -0.4 is 4.74 Å². The summed E-state index contributed by atoms with van der Waals surface area (Å²) in [6, 6.07) is 9.92. The van der Waals surface area contributed by atoms with E-state index in [2.05, 4.69) is 4.98 Å². The van der Waals surface area contributed by atoms with Crippen molar-refractivity contribution in [1.29, 1.82) is 0 Å². The molecule has 0 bridgehead atoms. The zero-order valence-corrected chi connectivity index (χ0v) is 9.74. The summed E-state index contributed by atoms with van der Waals surface area (Å²) in [5.74, 6) is 0.892. The molecule has 0 radical (unpaired) electrons. The van der Waals surface area contributed by atoms with Crippen molar-refractivity contribution >= 4 is 10.9 Å². The fourth-order valence-corrected chi connectivity index (χ4v) is 1.44. The highest BCUT2D eigenvalue weighted by Crippen LogP contribution is 2.24. The third kappa shape index (κ3) is 2.46. The van der Waals surface area contributed by atoms with Gasteiger partial charge in [0.05, 0.1) is 12.6 Å². The Morgan fingerprint density at radius 2 is 1.80 bits per heavy atom. The molecule has 1 heterocycles. The molecule has 1 aromatic heterocycles. The zero-order chi connectivity index (χ0) is 11.3. The van der Waals surface area contributed by atoms with E-state index in [9.17, 15) is 0 Å². The van der Waals surface area contributed by atoms with E-state index in [1.807, 2.05) is 51.1 Å². The highest BCUT2D eigenvalue weighted by atomic mass is 16.5. The van der Waals surface area contributed by atoms with E-state index >= 15 is 0 Å². The van der Waals surface area contributed by atoms with E-state index in [0.29, 0.717) is 0 Å². The molecule has 15 heavy (non-hydrogen) atoms. The minimum absolute atomic E-state index is 0.892. The number of methoxy groups -OCH3 is 1. The van der Waals surface area contributed by atoms with Crippen LogP contribution in [0.2, 0.25) is 0 Å². The van der Waals surface area contributed by atoms with Crippen LogP contribution in [0.5, 0.6) is 5.75 Å². The molecule has 0 saturated carbocycles. The molecule has 0 saturated heterocycles. The Morgan fingerprint density at radius 3 is 2.47 bits per heavy atom. The van der Waals surface area contributed by atoms with Crippen molar-refractivity contribution in [2.24, 2.45) is 0 Å². The first-order valence-electron chi connectivity index (χ1n) is 5.21. The van der Waals surface area contributed by atoms with Gasteiger partial charge in [0.25, 0.3) is 0 Å². The maximum absolute atomic E-state index is 5.27. The molecule has 0 N–H and O–H groups in total. The largest absolute Gasteiger partial charge is 0.496 e. The van der Waals surface area contributed by atoms with Crippen LogP contribution in [0.3, 0.4) is 0 Å². The van der Waals surface area contributed by atoms with Gasteiger partial charge in [-0.2, -0.15) is 0 Å². The summed E-state index contributed by atoms with van der Waals surface area (Å²) < 4.78 is 5.27. The van der Waals surface area contributed by atoms with Crippen LogP contribution >= 0.6 is 0 Å². The quantitative estimate of drug-likeness (QED) is 0.706. The lowest BCUT2D eigenvalue weighted by Crippen LogP contribution is -1.89. The Labute approximate surface area is 90.9 Å². The second-order valence-corrected chi connectivity index (χ2v) is 2.98. The van der Waals surface area contributed by atoms with Crippen molar-refractivity contribution in [2.75, 3.05) is 7.11 Å². The van der Waals surface area contributed by atoms with Gasteiger partial charge in [0.15, 0.2) is 0 Å². The monoisotopic (exact) mass is 203 g/mol. The van der Waals surface area contributed by atoms with Gasteiger partial charge in [-0.15, -0.1) is 0 Å². The second-order valence-electron chi connectivity index (χ2n) is 2.98. The number of rotatable bonds is 1. The minimum Gasteiger partial charge on any atom is -0.496 e. The van der Waals surface area contributed by atoms with Gasteiger partial charge >= 0.3 is 0 Å². The number of hydrogen-bond donors (Lipinski definition) is 0. The fourth-order valence-electron chi connectivity index (χ4n) is 1.44. The van der Waals surface area contributed by atoms with Crippen molar-refractivity contribution in [3.05, 3.63) is 36.0 Å². The standard InChI is InChI=1S/C11H11NO.C2H6/c1-8-7-11(13-2)9-5-3-4-6-10(9)12-8;1-2/h3-7H,1-2H3;1-2H3. The van der Waals surface area contributed by atoms with Crippen LogP contribution in [-0.4, -0.2) is 12.1 Å². The maximum atomic E-state index is 5.27. The number of ether oxygens (including phenoxy) is 1. The van der Waals surface area contributed by atoms with Crippen LogP contribution in [0.4, 0.5) is 0 Å². The summed E-state index contributed by atoms with van der Waals surface area (Å²) in [5.41, 5.74) is 1.97. The van der Waals surface area contributed by atoms with Gasteiger partial charge in [0, 0.05) is 17.1 Å². The van der Waals surface area contributed by atoms with Crippen LogP contribution in [0.15, 0.2) is 30.3 Å². The highest BCUT2D eigenvalue weighted by molar-refractivity contribution is 5.85. The van der Waals surface area contributed by atoms with E-state index in [0.717, 1.165) is 22.3 Å². The number of hydrogen-bond acceptors (Lipinski definition) is 2. The van der Waals surface area contributed by atoms with Crippen molar-refractivity contribution in [3.8, 4) is 5.75 Å². The lowest BCUT2D eigenvalue weighted by molar-refractivity contribution is 0.419. The first-order valence-corrected chi connectivity index (χ1v) is 5.21. The normalized spacial score (nSPS) is 9.33. The number of nitrogens with zero attached hydrogens (tertiary/aromatic N) is 1. The van der Waals surface area contributed by atoms with Crippen LogP contribution in [0, 0.1) is 6.92 Å². The molecule has 80 valence electrons. The van der Waals surface area contributed by atoms with Gasteiger partial charge in [0.2, 0.25) is 0 Å². The highest BCUT2D eigenvalue weighted by Gasteiger charge is 2.01. The smallest absolute Gasteiger partial charge is 0.130 e. The number of pyridine rings is 1. The third-order valence-electron chi connectivity index (χ3n) is 2.03. The van der Waals surface area contributed by atoms with Crippen molar-refractivity contribution in [1.82, 2.24) is 4.98 Å². The molecule has 0 aliphatic rings. The molecule has 0 unspecified atom stereocenters. The summed E-state index contributed by atoms with van der Waals surface area (Å²) in [6.07, 6.45) is 0. The molecule has 2 rings (SSSR count). The van der Waals surface area contributed by atoms with E-state index < -0.39 is 0 Å². The Bertz CT molecular complexity index is 437. The number of fused-ring (bicyclic) bond motifs is 1. The Balaban J connectivity index is 0.000000531. The second kappa shape index (κ2) is 5.35. The Kier molecular flexibility index (Phi) is 4.10. The molecule has 0 amide bonds. The van der Waals surface area contributed by atoms with Crippen LogP contribution in [-0.2, 0) is 0 Å². The number of benzene rings is 1. The minimum atomic E-state index is 0.892. The molecule has 0 fully saturated rings. The van der Waals surface area contributed by atoms with Crippen LogP contribution in [0.1, 0.15) is 19.5 Å². The van der Waals surface area contributed by atoms with Crippen molar-refractivity contribution < 1.29 is 4.74 Å². The van der Waals surface area contributed by atoms with Crippen molar-refractivity contribution in [2.45, 2.75) is 20.8 Å². The van der Waals surface area contributed by atoms with Gasteiger partial charge in [-0.3, -0.25) is 4.98 Å². The molecule has 0 aliphatic carbocycles. The fraction of sp³-hybridized carbons (Fsp3) is 0.308. The first kappa shape index (κ1) is 11.5. The summed E-state index contributed by atoms with van der Waals surface area (Å²) in [7, 11) is 1.68. The maximum Gasteiger partial charge on any atom is 0.130 e. The zero-order valence-electron chi connectivity index (χ0n) is 9.74.